The monoisotopic (exact) mass is 373 g/mol. The first-order valence-corrected chi connectivity index (χ1v) is 10.6. The van der Waals surface area contributed by atoms with E-state index in [1.807, 2.05) is 23.1 Å². The van der Waals surface area contributed by atoms with Gasteiger partial charge in [0.1, 0.15) is 0 Å². The van der Waals surface area contributed by atoms with E-state index in [2.05, 4.69) is 29.3 Å². The summed E-state index contributed by atoms with van der Waals surface area (Å²) in [7, 11) is 0. The molecule has 0 aliphatic carbocycles. The normalized spacial score (nSPS) is 21.2. The standard InChI is InChI=1S/C22H35N3O2/c1-2-24-12-8-19(9-13-24)17-23-22(27)25-14-10-20(11-15-25)21(26)16-18-6-4-3-5-7-18/h3-7,19-21,26H,2,8-17H2,1H3,(H,23,27)/t21-/m0/s1. The summed E-state index contributed by atoms with van der Waals surface area (Å²) in [4.78, 5) is 16.9. The lowest BCUT2D eigenvalue weighted by atomic mass is 9.88. The van der Waals surface area contributed by atoms with E-state index in [1.54, 1.807) is 0 Å². The summed E-state index contributed by atoms with van der Waals surface area (Å²) >= 11 is 0. The molecular formula is C22H35N3O2. The molecule has 3 rings (SSSR count). The van der Waals surface area contributed by atoms with Gasteiger partial charge in [0.2, 0.25) is 0 Å². The minimum atomic E-state index is -0.318. The molecule has 2 aliphatic rings. The number of carbonyl (C=O) groups is 1. The topological polar surface area (TPSA) is 55.8 Å². The highest BCUT2D eigenvalue weighted by Crippen LogP contribution is 2.23. The maximum absolute atomic E-state index is 12.5. The molecule has 2 N–H and O–H groups in total. The van der Waals surface area contributed by atoms with Crippen molar-refractivity contribution in [1.82, 2.24) is 15.1 Å². The van der Waals surface area contributed by atoms with E-state index < -0.39 is 0 Å². The molecule has 0 saturated carbocycles. The largest absolute Gasteiger partial charge is 0.392 e. The summed E-state index contributed by atoms with van der Waals surface area (Å²) in [6.07, 6.45) is 4.52. The first-order valence-electron chi connectivity index (χ1n) is 10.6. The molecule has 27 heavy (non-hydrogen) atoms. The van der Waals surface area contributed by atoms with Crippen molar-refractivity contribution in [2.45, 2.75) is 45.1 Å². The van der Waals surface area contributed by atoms with Crippen LogP contribution in [-0.2, 0) is 6.42 Å². The van der Waals surface area contributed by atoms with Crippen LogP contribution in [0.1, 0.15) is 38.2 Å². The second-order valence-electron chi connectivity index (χ2n) is 8.15. The Labute approximate surface area is 163 Å². The molecular weight excluding hydrogens is 338 g/mol. The van der Waals surface area contributed by atoms with Crippen LogP contribution in [0.5, 0.6) is 0 Å². The Morgan fingerprint density at radius 1 is 1.11 bits per heavy atom. The van der Waals surface area contributed by atoms with Crippen LogP contribution in [0.4, 0.5) is 4.79 Å². The van der Waals surface area contributed by atoms with E-state index in [0.717, 1.165) is 52.1 Å². The van der Waals surface area contributed by atoms with Crippen molar-refractivity contribution < 1.29 is 9.90 Å². The van der Waals surface area contributed by atoms with Crippen LogP contribution in [0.2, 0.25) is 0 Å². The molecule has 2 saturated heterocycles. The molecule has 2 aliphatic heterocycles. The minimum Gasteiger partial charge on any atom is -0.392 e. The van der Waals surface area contributed by atoms with E-state index in [0.29, 0.717) is 12.3 Å². The fourth-order valence-corrected chi connectivity index (χ4v) is 4.36. The van der Waals surface area contributed by atoms with Crippen molar-refractivity contribution in [3.05, 3.63) is 35.9 Å². The van der Waals surface area contributed by atoms with Gasteiger partial charge in [-0.3, -0.25) is 0 Å². The van der Waals surface area contributed by atoms with Gasteiger partial charge < -0.3 is 20.2 Å². The molecule has 0 spiro atoms. The minimum absolute atomic E-state index is 0.0731. The Kier molecular flexibility index (Phi) is 7.53. The lowest BCUT2D eigenvalue weighted by Crippen LogP contribution is -2.48. The maximum atomic E-state index is 12.5. The van der Waals surface area contributed by atoms with Crippen LogP contribution in [0, 0.1) is 11.8 Å². The highest BCUT2D eigenvalue weighted by molar-refractivity contribution is 5.74. The Morgan fingerprint density at radius 3 is 2.41 bits per heavy atom. The number of benzene rings is 1. The highest BCUT2D eigenvalue weighted by atomic mass is 16.3. The summed E-state index contributed by atoms with van der Waals surface area (Å²) in [6, 6.07) is 10.2. The van der Waals surface area contributed by atoms with E-state index in [9.17, 15) is 9.90 Å². The Morgan fingerprint density at radius 2 is 1.78 bits per heavy atom. The number of amides is 2. The van der Waals surface area contributed by atoms with Gasteiger partial charge in [-0.25, -0.2) is 4.79 Å². The van der Waals surface area contributed by atoms with Crippen molar-refractivity contribution >= 4 is 6.03 Å². The van der Waals surface area contributed by atoms with E-state index >= 15 is 0 Å². The molecule has 5 nitrogen and oxygen atoms in total. The molecule has 1 aromatic carbocycles. The van der Waals surface area contributed by atoms with Crippen LogP contribution in [0.3, 0.4) is 0 Å². The molecule has 0 aromatic heterocycles. The zero-order valence-electron chi connectivity index (χ0n) is 16.6. The van der Waals surface area contributed by atoms with Crippen molar-refractivity contribution in [3.8, 4) is 0 Å². The second kappa shape index (κ2) is 10.1. The first-order chi connectivity index (χ1) is 13.2. The van der Waals surface area contributed by atoms with Crippen molar-refractivity contribution in [2.75, 3.05) is 39.3 Å². The molecule has 1 atom stereocenters. The van der Waals surface area contributed by atoms with Crippen molar-refractivity contribution in [3.63, 3.8) is 0 Å². The van der Waals surface area contributed by atoms with Gasteiger partial charge in [0.25, 0.3) is 0 Å². The number of aliphatic hydroxyl groups is 1. The number of nitrogens with zero attached hydrogens (tertiary/aromatic N) is 2. The number of hydrogen-bond donors (Lipinski definition) is 2. The van der Waals surface area contributed by atoms with Crippen LogP contribution >= 0.6 is 0 Å². The molecule has 2 amide bonds. The van der Waals surface area contributed by atoms with Gasteiger partial charge >= 0.3 is 6.03 Å². The molecule has 1 aromatic rings. The quantitative estimate of drug-likeness (QED) is 0.806. The summed E-state index contributed by atoms with van der Waals surface area (Å²) in [5.74, 6) is 0.898. The number of likely N-dealkylation sites (tertiary alicyclic amines) is 2. The summed E-state index contributed by atoms with van der Waals surface area (Å²) in [6.45, 7) is 7.94. The fourth-order valence-electron chi connectivity index (χ4n) is 4.36. The van der Waals surface area contributed by atoms with Crippen LogP contribution in [0.25, 0.3) is 0 Å². The van der Waals surface area contributed by atoms with E-state index in [4.69, 9.17) is 0 Å². The third-order valence-corrected chi connectivity index (χ3v) is 6.35. The summed E-state index contributed by atoms with van der Waals surface area (Å²) in [5, 5.41) is 13.7. The summed E-state index contributed by atoms with van der Waals surface area (Å²) < 4.78 is 0. The lowest BCUT2D eigenvalue weighted by molar-refractivity contribution is 0.0668. The number of rotatable bonds is 6. The molecule has 2 fully saturated rings. The molecule has 0 radical (unpaired) electrons. The smallest absolute Gasteiger partial charge is 0.317 e. The predicted octanol–water partition coefficient (Wildman–Crippen LogP) is 2.74. The van der Waals surface area contributed by atoms with Gasteiger partial charge in [0, 0.05) is 19.6 Å². The van der Waals surface area contributed by atoms with Gasteiger partial charge in [-0.05, 0) is 69.1 Å². The number of piperidine rings is 2. The Balaban J connectivity index is 1.35. The number of nitrogens with one attached hydrogen (secondary N) is 1. The Hall–Kier alpha value is -1.59. The maximum Gasteiger partial charge on any atom is 0.317 e. The lowest BCUT2D eigenvalue weighted by Gasteiger charge is -2.35. The highest BCUT2D eigenvalue weighted by Gasteiger charge is 2.28. The second-order valence-corrected chi connectivity index (χ2v) is 8.15. The zero-order valence-corrected chi connectivity index (χ0v) is 16.6. The molecule has 0 unspecified atom stereocenters. The van der Waals surface area contributed by atoms with Crippen LogP contribution < -0.4 is 5.32 Å². The van der Waals surface area contributed by atoms with Gasteiger partial charge in [-0.1, -0.05) is 37.3 Å². The number of hydrogen-bond acceptors (Lipinski definition) is 3. The third kappa shape index (κ3) is 5.94. The molecule has 5 heteroatoms. The summed E-state index contributed by atoms with van der Waals surface area (Å²) in [5.41, 5.74) is 1.18. The van der Waals surface area contributed by atoms with Gasteiger partial charge in [0.05, 0.1) is 6.10 Å². The average molecular weight is 374 g/mol. The average Bonchev–Trinajstić information content (AvgIpc) is 2.73. The first kappa shape index (κ1) is 20.2. The predicted molar refractivity (Wildman–Crippen MR) is 109 cm³/mol. The SMILES string of the molecule is CCN1CCC(CNC(=O)N2CCC([C@@H](O)Cc3ccccc3)CC2)CC1. The number of carbonyl (C=O) groups excluding carboxylic acids is 1. The van der Waals surface area contributed by atoms with Gasteiger partial charge in [-0.15, -0.1) is 0 Å². The fraction of sp³-hybridized carbons (Fsp3) is 0.682. The van der Waals surface area contributed by atoms with Crippen molar-refractivity contribution in [2.24, 2.45) is 11.8 Å². The third-order valence-electron chi connectivity index (χ3n) is 6.35. The number of urea groups is 1. The molecule has 2 heterocycles. The zero-order chi connectivity index (χ0) is 19.1. The van der Waals surface area contributed by atoms with Crippen LogP contribution in [-0.4, -0.2) is 66.3 Å². The van der Waals surface area contributed by atoms with E-state index in [-0.39, 0.29) is 18.1 Å². The Bertz CT molecular complexity index is 564. The number of aliphatic hydroxyl groups excluding tert-OH is 1. The van der Waals surface area contributed by atoms with E-state index in [1.165, 1.54) is 18.4 Å². The molecule has 150 valence electrons. The van der Waals surface area contributed by atoms with Crippen molar-refractivity contribution in [1.29, 1.82) is 0 Å². The van der Waals surface area contributed by atoms with Gasteiger partial charge in [-0.2, -0.15) is 0 Å². The van der Waals surface area contributed by atoms with Crippen LogP contribution in [0.15, 0.2) is 30.3 Å². The molecule has 0 bridgehead atoms. The van der Waals surface area contributed by atoms with Gasteiger partial charge in [0.15, 0.2) is 0 Å².